The summed E-state index contributed by atoms with van der Waals surface area (Å²) in [4.78, 5) is 11.9. The van der Waals surface area contributed by atoms with Gasteiger partial charge in [0, 0.05) is 19.2 Å². The maximum absolute atomic E-state index is 14.0. The second-order valence-corrected chi connectivity index (χ2v) is 6.55. The van der Waals surface area contributed by atoms with Crippen LogP contribution in [0.4, 0.5) is 28.9 Å². The molecule has 1 heterocycles. The van der Waals surface area contributed by atoms with E-state index in [1.807, 2.05) is 0 Å². The van der Waals surface area contributed by atoms with Crippen molar-refractivity contribution in [2.45, 2.75) is 19.0 Å². The predicted octanol–water partition coefficient (Wildman–Crippen LogP) is 5.60. The van der Waals surface area contributed by atoms with Crippen LogP contribution in [0, 0.1) is 28.8 Å². The van der Waals surface area contributed by atoms with Gasteiger partial charge >= 0.3 is 6.18 Å². The van der Waals surface area contributed by atoms with E-state index in [0.29, 0.717) is 6.42 Å². The first-order valence-electron chi connectivity index (χ1n) is 8.57. The van der Waals surface area contributed by atoms with Crippen molar-refractivity contribution < 1.29 is 27.2 Å². The van der Waals surface area contributed by atoms with E-state index in [1.165, 1.54) is 23.1 Å². The summed E-state index contributed by atoms with van der Waals surface area (Å²) in [6, 6.07) is 6.82. The molecular formula is C19H17F4N2O3. The van der Waals surface area contributed by atoms with Gasteiger partial charge in [0.05, 0.1) is 4.92 Å². The van der Waals surface area contributed by atoms with Gasteiger partial charge in [-0.1, -0.05) is 12.1 Å². The highest BCUT2D eigenvalue weighted by Crippen LogP contribution is 2.49. The Morgan fingerprint density at radius 2 is 1.89 bits per heavy atom. The van der Waals surface area contributed by atoms with Crippen molar-refractivity contribution >= 4 is 11.4 Å². The molecule has 0 amide bonds. The average molecular weight is 397 g/mol. The van der Waals surface area contributed by atoms with E-state index in [1.54, 1.807) is 0 Å². The highest BCUT2D eigenvalue weighted by molar-refractivity contribution is 5.73. The van der Waals surface area contributed by atoms with Gasteiger partial charge in [-0.25, -0.2) is 4.39 Å². The molecule has 0 N–H and O–H groups in total. The number of hydrogen-bond donors (Lipinski definition) is 0. The molecule has 5 nitrogen and oxygen atoms in total. The van der Waals surface area contributed by atoms with Crippen molar-refractivity contribution in [3.8, 4) is 11.5 Å². The average Bonchev–Trinajstić information content (AvgIpc) is 2.62. The zero-order chi connectivity index (χ0) is 20.5. The molecule has 9 heteroatoms. The molecule has 1 aliphatic heterocycles. The first-order valence-corrected chi connectivity index (χ1v) is 8.57. The lowest BCUT2D eigenvalue weighted by Crippen LogP contribution is -2.36. The van der Waals surface area contributed by atoms with E-state index in [9.17, 15) is 27.7 Å². The molecule has 0 aliphatic carbocycles. The van der Waals surface area contributed by atoms with Crippen LogP contribution in [-0.4, -0.2) is 18.0 Å². The number of halogens is 4. The lowest BCUT2D eigenvalue weighted by atomic mass is 9.98. The standard InChI is InChI=1S/C19H17F4N2O3/c1-12-5-4-10-24(11-12)18-14(25(26)27)8-9-16(17(18)19(21,22)23)28-15-7-3-2-6-13(15)20/h2-3,6-9,12H,1,4-5,10-11H2/t12-/m1/s1. The van der Waals surface area contributed by atoms with Crippen LogP contribution in [0.25, 0.3) is 0 Å². The Hall–Kier alpha value is -2.84. The Bertz CT molecular complexity index is 886. The molecule has 0 saturated carbocycles. The molecule has 0 spiro atoms. The van der Waals surface area contributed by atoms with Crippen LogP contribution >= 0.6 is 0 Å². The fourth-order valence-electron chi connectivity index (χ4n) is 3.30. The van der Waals surface area contributed by atoms with Crippen molar-refractivity contribution in [3.63, 3.8) is 0 Å². The van der Waals surface area contributed by atoms with Gasteiger partial charge in [-0.2, -0.15) is 13.2 Å². The SMILES string of the molecule is [CH2][C@@H]1CCCN(c2c([N+](=O)[O-])ccc(Oc3ccccc3F)c2C(F)(F)F)C1. The number of nitro groups is 1. The minimum atomic E-state index is -4.95. The smallest absolute Gasteiger partial charge is 0.422 e. The molecular weight excluding hydrogens is 380 g/mol. The van der Waals surface area contributed by atoms with E-state index in [0.717, 1.165) is 24.6 Å². The Kier molecular flexibility index (Phi) is 5.44. The number of anilines is 1. The van der Waals surface area contributed by atoms with Gasteiger partial charge in [-0.15, -0.1) is 0 Å². The number of hydrogen-bond acceptors (Lipinski definition) is 4. The predicted molar refractivity (Wildman–Crippen MR) is 94.9 cm³/mol. The van der Waals surface area contributed by atoms with E-state index < -0.39 is 45.4 Å². The minimum Gasteiger partial charge on any atom is -0.454 e. The van der Waals surface area contributed by atoms with Gasteiger partial charge in [0.1, 0.15) is 17.0 Å². The fraction of sp³-hybridized carbons (Fsp3) is 0.316. The van der Waals surface area contributed by atoms with E-state index in [-0.39, 0.29) is 19.0 Å². The van der Waals surface area contributed by atoms with Crippen LogP contribution in [0.3, 0.4) is 0 Å². The number of alkyl halides is 3. The lowest BCUT2D eigenvalue weighted by Gasteiger charge is -2.34. The molecule has 1 atom stereocenters. The van der Waals surface area contributed by atoms with Gasteiger partial charge in [0.25, 0.3) is 5.69 Å². The Balaban J connectivity index is 2.19. The van der Waals surface area contributed by atoms with E-state index >= 15 is 0 Å². The van der Waals surface area contributed by atoms with Gasteiger partial charge in [0.15, 0.2) is 11.6 Å². The zero-order valence-electron chi connectivity index (χ0n) is 14.7. The van der Waals surface area contributed by atoms with Crippen molar-refractivity contribution in [1.29, 1.82) is 0 Å². The number of piperidine rings is 1. The van der Waals surface area contributed by atoms with Crippen LogP contribution in [0.15, 0.2) is 36.4 Å². The first-order chi connectivity index (χ1) is 13.2. The van der Waals surface area contributed by atoms with Crippen molar-refractivity contribution in [2.24, 2.45) is 5.92 Å². The molecule has 2 aromatic rings. The molecule has 2 aromatic carbocycles. The number of nitrogens with zero attached hydrogens (tertiary/aromatic N) is 2. The summed E-state index contributed by atoms with van der Waals surface area (Å²) in [5.41, 5.74) is -2.54. The number of rotatable bonds is 4. The molecule has 1 radical (unpaired) electrons. The van der Waals surface area contributed by atoms with Gasteiger partial charge in [0.2, 0.25) is 0 Å². The molecule has 0 aromatic heterocycles. The van der Waals surface area contributed by atoms with Gasteiger partial charge < -0.3 is 9.64 Å². The third-order valence-corrected chi connectivity index (χ3v) is 4.49. The summed E-state index contributed by atoms with van der Waals surface area (Å²) in [5.74, 6) is -2.09. The Morgan fingerprint density at radius 1 is 1.18 bits per heavy atom. The monoisotopic (exact) mass is 397 g/mol. The third-order valence-electron chi connectivity index (χ3n) is 4.49. The van der Waals surface area contributed by atoms with Gasteiger partial charge in [-0.3, -0.25) is 10.1 Å². The topological polar surface area (TPSA) is 55.6 Å². The summed E-state index contributed by atoms with van der Waals surface area (Å²) in [6.07, 6.45) is -3.67. The fourth-order valence-corrected chi connectivity index (χ4v) is 3.30. The molecule has 3 rings (SSSR count). The van der Waals surface area contributed by atoms with Crippen molar-refractivity contribution in [3.05, 3.63) is 64.8 Å². The normalized spacial score (nSPS) is 17.5. The summed E-state index contributed by atoms with van der Waals surface area (Å²) >= 11 is 0. The molecule has 149 valence electrons. The van der Waals surface area contributed by atoms with Crippen molar-refractivity contribution in [2.75, 3.05) is 18.0 Å². The summed E-state index contributed by atoms with van der Waals surface area (Å²) < 4.78 is 61.0. The van der Waals surface area contributed by atoms with Crippen LogP contribution in [0.5, 0.6) is 11.5 Å². The van der Waals surface area contributed by atoms with Crippen LogP contribution in [0.1, 0.15) is 18.4 Å². The molecule has 1 aliphatic rings. The van der Waals surface area contributed by atoms with E-state index in [2.05, 4.69) is 6.92 Å². The van der Waals surface area contributed by atoms with Crippen LogP contribution in [0.2, 0.25) is 0 Å². The molecule has 28 heavy (non-hydrogen) atoms. The molecule has 0 unspecified atom stereocenters. The molecule has 0 bridgehead atoms. The maximum Gasteiger partial charge on any atom is 0.422 e. The minimum absolute atomic E-state index is 0.146. The highest BCUT2D eigenvalue weighted by atomic mass is 19.4. The van der Waals surface area contributed by atoms with Crippen LogP contribution in [-0.2, 0) is 6.18 Å². The Labute approximate surface area is 158 Å². The zero-order valence-corrected chi connectivity index (χ0v) is 14.7. The van der Waals surface area contributed by atoms with Crippen molar-refractivity contribution in [1.82, 2.24) is 0 Å². The summed E-state index contributed by atoms with van der Waals surface area (Å²) in [5, 5.41) is 11.4. The van der Waals surface area contributed by atoms with Crippen LogP contribution < -0.4 is 9.64 Å². The number of para-hydroxylation sites is 1. The third kappa shape index (κ3) is 4.02. The number of benzene rings is 2. The van der Waals surface area contributed by atoms with E-state index in [4.69, 9.17) is 4.74 Å². The quantitative estimate of drug-likeness (QED) is 0.383. The maximum atomic E-state index is 14.0. The number of nitro benzene ring substituents is 1. The highest BCUT2D eigenvalue weighted by Gasteiger charge is 2.43. The molecule has 1 fully saturated rings. The number of ether oxygens (including phenoxy) is 1. The largest absolute Gasteiger partial charge is 0.454 e. The lowest BCUT2D eigenvalue weighted by molar-refractivity contribution is -0.384. The second kappa shape index (κ2) is 7.65. The first kappa shape index (κ1) is 19.9. The summed E-state index contributed by atoms with van der Waals surface area (Å²) in [7, 11) is 0. The molecule has 1 saturated heterocycles. The Morgan fingerprint density at radius 3 is 2.50 bits per heavy atom. The summed E-state index contributed by atoms with van der Waals surface area (Å²) in [6.45, 7) is 4.24. The second-order valence-electron chi connectivity index (χ2n) is 6.55. The van der Waals surface area contributed by atoms with Gasteiger partial charge in [-0.05, 0) is 43.9 Å².